The number of hydrogen-bond acceptors (Lipinski definition) is 4. The minimum absolute atomic E-state index is 0.0248. The Morgan fingerprint density at radius 2 is 2.00 bits per heavy atom. The molecule has 8 heteroatoms. The van der Waals surface area contributed by atoms with Crippen molar-refractivity contribution in [3.05, 3.63) is 48.0 Å². The predicted octanol–water partition coefficient (Wildman–Crippen LogP) is 1.34. The van der Waals surface area contributed by atoms with E-state index in [1.165, 1.54) is 24.3 Å². The van der Waals surface area contributed by atoms with Crippen LogP contribution in [-0.2, 0) is 17.1 Å². The van der Waals surface area contributed by atoms with E-state index in [9.17, 15) is 13.2 Å². The number of rotatable bonds is 6. The van der Waals surface area contributed by atoms with Crippen LogP contribution in [0.3, 0.4) is 0 Å². The lowest BCUT2D eigenvalue weighted by atomic mass is 10.1. The molecule has 1 atom stereocenters. The summed E-state index contributed by atoms with van der Waals surface area (Å²) < 4.78 is 24.3. The van der Waals surface area contributed by atoms with E-state index < -0.39 is 10.0 Å². The highest BCUT2D eigenvalue weighted by Crippen LogP contribution is 2.17. The molecule has 2 aromatic rings. The average Bonchev–Trinajstić information content (AvgIpc) is 2.92. The Bertz CT molecular complexity index is 781. The van der Waals surface area contributed by atoms with Crippen molar-refractivity contribution in [2.45, 2.75) is 30.7 Å². The number of imidazole rings is 1. The summed E-state index contributed by atoms with van der Waals surface area (Å²) in [6.07, 6.45) is 5.16. The Hall–Kier alpha value is -2.19. The van der Waals surface area contributed by atoms with E-state index in [2.05, 4.69) is 10.3 Å². The summed E-state index contributed by atoms with van der Waals surface area (Å²) >= 11 is 0. The third kappa shape index (κ3) is 4.17. The number of carbonyl (C=O) groups is 1. The number of nitrogens with zero attached hydrogens (tertiary/aromatic N) is 2. The van der Waals surface area contributed by atoms with Crippen LogP contribution < -0.4 is 10.5 Å². The van der Waals surface area contributed by atoms with E-state index >= 15 is 0 Å². The summed E-state index contributed by atoms with van der Waals surface area (Å²) in [5.41, 5.74) is 0.368. The lowest BCUT2D eigenvalue weighted by Crippen LogP contribution is -2.30. The average molecular weight is 336 g/mol. The van der Waals surface area contributed by atoms with Crippen LogP contribution in [0.15, 0.2) is 41.6 Å². The van der Waals surface area contributed by atoms with Gasteiger partial charge in [-0.2, -0.15) is 0 Å². The Morgan fingerprint density at radius 3 is 2.48 bits per heavy atom. The monoisotopic (exact) mass is 336 g/mol. The summed E-state index contributed by atoms with van der Waals surface area (Å²) in [5, 5.41) is 7.98. The van der Waals surface area contributed by atoms with Crippen molar-refractivity contribution >= 4 is 15.9 Å². The van der Waals surface area contributed by atoms with Gasteiger partial charge in [0.05, 0.1) is 10.9 Å². The van der Waals surface area contributed by atoms with Gasteiger partial charge >= 0.3 is 0 Å². The zero-order chi connectivity index (χ0) is 17.0. The van der Waals surface area contributed by atoms with Crippen molar-refractivity contribution in [1.82, 2.24) is 14.9 Å². The molecule has 0 saturated heterocycles. The Morgan fingerprint density at radius 1 is 1.35 bits per heavy atom. The fourth-order valence-electron chi connectivity index (χ4n) is 2.30. The molecule has 124 valence electrons. The van der Waals surface area contributed by atoms with Crippen molar-refractivity contribution in [3.63, 3.8) is 0 Å². The molecule has 1 amide bonds. The first-order valence-corrected chi connectivity index (χ1v) is 8.78. The summed E-state index contributed by atoms with van der Waals surface area (Å²) in [6, 6.07) is 5.32. The third-order valence-corrected chi connectivity index (χ3v) is 4.43. The molecule has 7 nitrogen and oxygen atoms in total. The van der Waals surface area contributed by atoms with Crippen LogP contribution in [0.1, 0.15) is 42.0 Å². The first kappa shape index (κ1) is 17.2. The molecule has 1 aromatic heterocycles. The van der Waals surface area contributed by atoms with Crippen LogP contribution in [0.4, 0.5) is 0 Å². The maximum Gasteiger partial charge on any atom is 0.251 e. The van der Waals surface area contributed by atoms with Gasteiger partial charge in [0.25, 0.3) is 5.91 Å². The van der Waals surface area contributed by atoms with Gasteiger partial charge in [0.15, 0.2) is 0 Å². The highest BCUT2D eigenvalue weighted by molar-refractivity contribution is 7.89. The number of aromatic nitrogens is 2. The van der Waals surface area contributed by atoms with Gasteiger partial charge in [-0.25, -0.2) is 18.5 Å². The lowest BCUT2D eigenvalue weighted by molar-refractivity contribution is 0.0932. The molecule has 1 heterocycles. The SMILES string of the molecule is CCC[C@H](NC(=O)c1ccc(S(N)(=O)=O)cc1)c1nccn1C. The molecular formula is C15H20N4O3S. The topological polar surface area (TPSA) is 107 Å². The number of hydrogen-bond donors (Lipinski definition) is 2. The Labute approximate surface area is 135 Å². The van der Waals surface area contributed by atoms with Gasteiger partial charge in [0.1, 0.15) is 5.82 Å². The number of nitrogens with one attached hydrogen (secondary N) is 1. The van der Waals surface area contributed by atoms with Crippen LogP contribution in [0.2, 0.25) is 0 Å². The number of sulfonamides is 1. The zero-order valence-corrected chi connectivity index (χ0v) is 13.9. The number of primary sulfonamides is 1. The molecule has 2 rings (SSSR count). The maximum absolute atomic E-state index is 12.4. The van der Waals surface area contributed by atoms with E-state index in [1.807, 2.05) is 24.7 Å². The van der Waals surface area contributed by atoms with Crippen molar-refractivity contribution in [2.24, 2.45) is 12.2 Å². The molecule has 3 N–H and O–H groups in total. The van der Waals surface area contributed by atoms with E-state index in [0.717, 1.165) is 18.7 Å². The van der Waals surface area contributed by atoms with E-state index in [4.69, 9.17) is 5.14 Å². The highest BCUT2D eigenvalue weighted by Gasteiger charge is 2.19. The van der Waals surface area contributed by atoms with E-state index in [-0.39, 0.29) is 16.8 Å². The van der Waals surface area contributed by atoms with Gasteiger partial charge in [-0.05, 0) is 30.7 Å². The van der Waals surface area contributed by atoms with E-state index in [0.29, 0.717) is 5.56 Å². The molecule has 0 aliphatic heterocycles. The second-order valence-electron chi connectivity index (χ2n) is 5.28. The van der Waals surface area contributed by atoms with Gasteiger partial charge in [-0.3, -0.25) is 4.79 Å². The summed E-state index contributed by atoms with van der Waals surface area (Å²) in [5.74, 6) is 0.494. The van der Waals surface area contributed by atoms with Gasteiger partial charge in [-0.1, -0.05) is 13.3 Å². The van der Waals surface area contributed by atoms with Crippen LogP contribution in [-0.4, -0.2) is 23.9 Å². The van der Waals surface area contributed by atoms with Crippen LogP contribution in [0, 0.1) is 0 Å². The molecule has 0 aliphatic rings. The minimum atomic E-state index is -3.76. The quantitative estimate of drug-likeness (QED) is 0.830. The van der Waals surface area contributed by atoms with Crippen LogP contribution >= 0.6 is 0 Å². The lowest BCUT2D eigenvalue weighted by Gasteiger charge is -2.18. The van der Waals surface area contributed by atoms with Crippen molar-refractivity contribution in [2.75, 3.05) is 0 Å². The van der Waals surface area contributed by atoms with Gasteiger partial charge in [0, 0.05) is 25.0 Å². The number of carbonyl (C=O) groups excluding carboxylic acids is 1. The normalized spacial score (nSPS) is 12.8. The summed E-state index contributed by atoms with van der Waals surface area (Å²) in [4.78, 5) is 16.6. The number of benzene rings is 1. The Balaban J connectivity index is 2.17. The molecular weight excluding hydrogens is 316 g/mol. The first-order valence-electron chi connectivity index (χ1n) is 7.24. The van der Waals surface area contributed by atoms with Crippen molar-refractivity contribution in [1.29, 1.82) is 0 Å². The van der Waals surface area contributed by atoms with E-state index in [1.54, 1.807) is 6.20 Å². The smallest absolute Gasteiger partial charge is 0.251 e. The first-order chi connectivity index (χ1) is 10.8. The van der Waals surface area contributed by atoms with Gasteiger partial charge < -0.3 is 9.88 Å². The molecule has 23 heavy (non-hydrogen) atoms. The highest BCUT2D eigenvalue weighted by atomic mass is 32.2. The second kappa shape index (κ2) is 6.93. The molecule has 0 bridgehead atoms. The molecule has 1 aromatic carbocycles. The van der Waals surface area contributed by atoms with Crippen molar-refractivity contribution < 1.29 is 13.2 Å². The Kier molecular flexibility index (Phi) is 5.17. The fourth-order valence-corrected chi connectivity index (χ4v) is 2.82. The molecule has 0 spiro atoms. The molecule has 0 fully saturated rings. The number of nitrogens with two attached hydrogens (primary N) is 1. The maximum atomic E-state index is 12.4. The summed E-state index contributed by atoms with van der Waals surface area (Å²) in [6.45, 7) is 2.03. The minimum Gasteiger partial charge on any atom is -0.342 e. The predicted molar refractivity (Wildman–Crippen MR) is 86.1 cm³/mol. The largest absolute Gasteiger partial charge is 0.342 e. The zero-order valence-electron chi connectivity index (χ0n) is 13.1. The molecule has 0 aliphatic carbocycles. The molecule has 0 saturated carbocycles. The van der Waals surface area contributed by atoms with Crippen LogP contribution in [0.5, 0.6) is 0 Å². The molecule has 0 radical (unpaired) electrons. The molecule has 0 unspecified atom stereocenters. The number of aryl methyl sites for hydroxylation is 1. The summed E-state index contributed by atoms with van der Waals surface area (Å²) in [7, 11) is -1.89. The van der Waals surface area contributed by atoms with Crippen molar-refractivity contribution in [3.8, 4) is 0 Å². The second-order valence-corrected chi connectivity index (χ2v) is 6.84. The third-order valence-electron chi connectivity index (χ3n) is 3.50. The fraction of sp³-hybridized carbons (Fsp3) is 0.333. The van der Waals surface area contributed by atoms with Crippen LogP contribution in [0.25, 0.3) is 0 Å². The van der Waals surface area contributed by atoms with Gasteiger partial charge in [0.2, 0.25) is 10.0 Å². The van der Waals surface area contributed by atoms with Gasteiger partial charge in [-0.15, -0.1) is 0 Å². The number of amides is 1. The standard InChI is InChI=1S/C15H20N4O3S/c1-3-4-13(14-17-9-10-19(14)2)18-15(20)11-5-7-12(8-6-11)23(16,21)22/h5-10,13H,3-4H2,1-2H3,(H,18,20)(H2,16,21,22)/t13-/m0/s1.